The molecule has 0 aliphatic rings. The molecule has 0 saturated heterocycles. The zero-order valence-corrected chi connectivity index (χ0v) is 18.3. The Balaban J connectivity index is 1.86. The fourth-order valence-corrected chi connectivity index (χ4v) is 3.13. The number of quaternary nitrogens is 1. The number of carbonyl (C=O) groups excluding carboxylic acids is 3. The number of hydrogen-bond donors (Lipinski definition) is 4. The maximum atomic E-state index is 12.5. The molecule has 0 saturated carbocycles. The van der Waals surface area contributed by atoms with Gasteiger partial charge in [0.05, 0.1) is 13.6 Å². The highest BCUT2D eigenvalue weighted by Crippen LogP contribution is 2.18. The number of nitrogens with one attached hydrogen (secondary N) is 4. The van der Waals surface area contributed by atoms with Crippen molar-refractivity contribution in [3.63, 3.8) is 0 Å². The molecule has 0 aromatic heterocycles. The molecule has 1 unspecified atom stereocenters. The van der Waals surface area contributed by atoms with Crippen LogP contribution in [0, 0.1) is 13.8 Å². The minimum absolute atomic E-state index is 0.0783. The van der Waals surface area contributed by atoms with E-state index in [0.717, 1.165) is 27.3 Å². The van der Waals surface area contributed by atoms with Crippen LogP contribution in [0.3, 0.4) is 0 Å². The molecular formula is C23H31N4O3+. The van der Waals surface area contributed by atoms with Gasteiger partial charge in [-0.1, -0.05) is 30.3 Å². The van der Waals surface area contributed by atoms with Crippen LogP contribution in [0.5, 0.6) is 0 Å². The highest BCUT2D eigenvalue weighted by Gasteiger charge is 2.22. The topological polar surface area (TPSA) is 91.7 Å². The summed E-state index contributed by atoms with van der Waals surface area (Å²) in [6.45, 7) is 6.24. The number of rotatable bonds is 8. The van der Waals surface area contributed by atoms with Gasteiger partial charge in [0.15, 0.2) is 6.04 Å². The van der Waals surface area contributed by atoms with Crippen LogP contribution < -0.4 is 20.9 Å². The Morgan fingerprint density at radius 3 is 2.17 bits per heavy atom. The molecule has 0 aliphatic carbocycles. The summed E-state index contributed by atoms with van der Waals surface area (Å²) in [5, 5.41) is 8.17. The molecule has 0 fully saturated rings. The number of aryl methyl sites for hydroxylation is 2. The number of carbonyl (C=O) groups is 3. The molecule has 30 heavy (non-hydrogen) atoms. The van der Waals surface area contributed by atoms with E-state index in [2.05, 4.69) is 16.0 Å². The summed E-state index contributed by atoms with van der Waals surface area (Å²) in [6.07, 6.45) is 0. The van der Waals surface area contributed by atoms with Gasteiger partial charge in [-0.15, -0.1) is 0 Å². The SMILES string of the molecule is CNC(=O)c1ccc(C[NH+](C)[C@H](C)C(=O)NCC(=O)Nc2c(C)cccc2C)cc1. The van der Waals surface area contributed by atoms with Crippen LogP contribution in [-0.4, -0.2) is 44.4 Å². The Morgan fingerprint density at radius 1 is 1.00 bits per heavy atom. The van der Waals surface area contributed by atoms with Crippen molar-refractivity contribution in [1.82, 2.24) is 10.6 Å². The second-order valence-electron chi connectivity index (χ2n) is 7.55. The Hall–Kier alpha value is -3.19. The smallest absolute Gasteiger partial charge is 0.278 e. The van der Waals surface area contributed by atoms with Crippen molar-refractivity contribution >= 4 is 23.4 Å². The molecule has 7 heteroatoms. The van der Waals surface area contributed by atoms with Crippen LogP contribution in [0.2, 0.25) is 0 Å². The Bertz CT molecular complexity index is 889. The van der Waals surface area contributed by atoms with Crippen LogP contribution in [0.4, 0.5) is 5.69 Å². The number of para-hydroxylation sites is 1. The van der Waals surface area contributed by atoms with Crippen LogP contribution in [-0.2, 0) is 16.1 Å². The normalized spacial score (nSPS) is 12.6. The van der Waals surface area contributed by atoms with E-state index in [0.29, 0.717) is 12.1 Å². The molecule has 2 aromatic rings. The molecule has 2 atom stereocenters. The van der Waals surface area contributed by atoms with Gasteiger partial charge in [0, 0.05) is 23.9 Å². The first-order valence-corrected chi connectivity index (χ1v) is 10.00. The highest BCUT2D eigenvalue weighted by atomic mass is 16.2. The number of benzene rings is 2. The lowest BCUT2D eigenvalue weighted by Gasteiger charge is -2.21. The van der Waals surface area contributed by atoms with Gasteiger partial charge in [0.2, 0.25) is 5.91 Å². The molecule has 160 valence electrons. The number of anilines is 1. The van der Waals surface area contributed by atoms with E-state index >= 15 is 0 Å². The van der Waals surface area contributed by atoms with Gasteiger partial charge in [-0.05, 0) is 44.0 Å². The maximum absolute atomic E-state index is 12.5. The molecule has 0 radical (unpaired) electrons. The summed E-state index contributed by atoms with van der Waals surface area (Å²) in [5.74, 6) is -0.573. The summed E-state index contributed by atoms with van der Waals surface area (Å²) < 4.78 is 0. The average Bonchev–Trinajstić information content (AvgIpc) is 2.74. The number of amides is 3. The van der Waals surface area contributed by atoms with Gasteiger partial charge in [-0.2, -0.15) is 0 Å². The number of hydrogen-bond acceptors (Lipinski definition) is 3. The van der Waals surface area contributed by atoms with Crippen LogP contribution >= 0.6 is 0 Å². The van der Waals surface area contributed by atoms with Gasteiger partial charge < -0.3 is 20.9 Å². The lowest BCUT2D eigenvalue weighted by atomic mass is 10.1. The minimum atomic E-state index is -0.336. The molecule has 0 bridgehead atoms. The van der Waals surface area contributed by atoms with Crippen LogP contribution in [0.25, 0.3) is 0 Å². The first kappa shape index (κ1) is 23.1. The van der Waals surface area contributed by atoms with Gasteiger partial charge in [-0.3, -0.25) is 14.4 Å². The summed E-state index contributed by atoms with van der Waals surface area (Å²) in [7, 11) is 3.52. The third kappa shape index (κ3) is 6.15. The molecule has 7 nitrogen and oxygen atoms in total. The Kier molecular flexibility index (Phi) is 8.12. The maximum Gasteiger partial charge on any atom is 0.278 e. The van der Waals surface area contributed by atoms with Crippen LogP contribution in [0.15, 0.2) is 42.5 Å². The van der Waals surface area contributed by atoms with Crippen LogP contribution in [0.1, 0.15) is 34.0 Å². The lowest BCUT2D eigenvalue weighted by Crippen LogP contribution is -3.12. The van der Waals surface area contributed by atoms with Crippen molar-refractivity contribution in [1.29, 1.82) is 0 Å². The fraction of sp³-hybridized carbons (Fsp3) is 0.348. The zero-order chi connectivity index (χ0) is 22.3. The number of likely N-dealkylation sites (N-methyl/N-ethyl adjacent to an activating group) is 1. The summed E-state index contributed by atoms with van der Waals surface area (Å²) in [4.78, 5) is 37.3. The third-order valence-electron chi connectivity index (χ3n) is 5.23. The van der Waals surface area contributed by atoms with Crippen molar-refractivity contribution in [2.45, 2.75) is 33.4 Å². The van der Waals surface area contributed by atoms with Crippen molar-refractivity contribution in [2.75, 3.05) is 26.0 Å². The van der Waals surface area contributed by atoms with E-state index in [1.165, 1.54) is 0 Å². The molecule has 0 aliphatic heterocycles. The zero-order valence-electron chi connectivity index (χ0n) is 18.3. The summed E-state index contributed by atoms with van der Waals surface area (Å²) in [5.41, 5.74) is 4.37. The first-order valence-electron chi connectivity index (χ1n) is 10.00. The van der Waals surface area contributed by atoms with E-state index in [1.807, 2.05) is 58.2 Å². The first-order chi connectivity index (χ1) is 14.2. The fourth-order valence-electron chi connectivity index (χ4n) is 3.13. The highest BCUT2D eigenvalue weighted by molar-refractivity contribution is 5.96. The second-order valence-corrected chi connectivity index (χ2v) is 7.55. The largest absolute Gasteiger partial charge is 0.355 e. The monoisotopic (exact) mass is 411 g/mol. The van der Waals surface area contributed by atoms with Crippen molar-refractivity contribution in [2.24, 2.45) is 0 Å². The Morgan fingerprint density at radius 2 is 1.60 bits per heavy atom. The van der Waals surface area contributed by atoms with Gasteiger partial charge in [0.1, 0.15) is 6.54 Å². The molecule has 0 spiro atoms. The molecule has 2 rings (SSSR count). The molecule has 2 aromatic carbocycles. The molecule has 3 amide bonds. The summed E-state index contributed by atoms with van der Waals surface area (Å²) in [6, 6.07) is 12.8. The van der Waals surface area contributed by atoms with E-state index in [9.17, 15) is 14.4 Å². The Labute approximate surface area is 177 Å². The van der Waals surface area contributed by atoms with Crippen molar-refractivity contribution in [3.05, 3.63) is 64.7 Å². The lowest BCUT2D eigenvalue weighted by molar-refractivity contribution is -0.908. The van der Waals surface area contributed by atoms with E-state index < -0.39 is 0 Å². The van der Waals surface area contributed by atoms with E-state index in [1.54, 1.807) is 19.2 Å². The quantitative estimate of drug-likeness (QED) is 0.518. The van der Waals surface area contributed by atoms with E-state index in [-0.39, 0.29) is 30.3 Å². The molecule has 4 N–H and O–H groups in total. The van der Waals surface area contributed by atoms with E-state index in [4.69, 9.17) is 0 Å². The minimum Gasteiger partial charge on any atom is -0.355 e. The molecule has 0 heterocycles. The van der Waals surface area contributed by atoms with Crippen molar-refractivity contribution < 1.29 is 19.3 Å². The standard InChI is InChI=1S/C23H30N4O3/c1-15-7-6-8-16(2)21(15)26-20(28)13-25-22(29)17(3)27(5)14-18-9-11-19(12-10-18)23(30)24-4/h6-12,17H,13-14H2,1-5H3,(H,24,30)(H,25,29)(H,26,28)/p+1/t17-/m1/s1. The molecular weight excluding hydrogens is 380 g/mol. The predicted molar refractivity (Wildman–Crippen MR) is 117 cm³/mol. The average molecular weight is 412 g/mol. The summed E-state index contributed by atoms with van der Waals surface area (Å²) >= 11 is 0. The van der Waals surface area contributed by atoms with Gasteiger partial charge in [-0.25, -0.2) is 0 Å². The van der Waals surface area contributed by atoms with Crippen molar-refractivity contribution in [3.8, 4) is 0 Å². The van der Waals surface area contributed by atoms with Gasteiger partial charge in [0.25, 0.3) is 11.8 Å². The second kappa shape index (κ2) is 10.5. The third-order valence-corrected chi connectivity index (χ3v) is 5.23. The predicted octanol–water partition coefficient (Wildman–Crippen LogP) is 0.821. The van der Waals surface area contributed by atoms with Gasteiger partial charge >= 0.3 is 0 Å².